The molecule has 1 aliphatic heterocycles. The summed E-state index contributed by atoms with van der Waals surface area (Å²) in [5.74, 6) is 0. The van der Waals surface area contributed by atoms with Crippen molar-refractivity contribution < 1.29 is 4.79 Å². The average Bonchev–Trinajstić information content (AvgIpc) is 2.47. The molecule has 0 fully saturated rings. The zero-order valence-corrected chi connectivity index (χ0v) is 12.1. The quantitative estimate of drug-likeness (QED) is 0.901. The van der Waals surface area contributed by atoms with E-state index in [0.717, 1.165) is 28.1 Å². The van der Waals surface area contributed by atoms with Crippen molar-refractivity contribution >= 4 is 17.4 Å². The van der Waals surface area contributed by atoms with Crippen molar-refractivity contribution in [1.29, 1.82) is 0 Å². The number of nitrogens with zero attached hydrogens (tertiary/aromatic N) is 2. The van der Waals surface area contributed by atoms with Gasteiger partial charge in [0, 0.05) is 5.69 Å². The normalized spacial score (nSPS) is 14.7. The largest absolute Gasteiger partial charge is 0.342 e. The first-order valence-corrected chi connectivity index (χ1v) is 6.91. The van der Waals surface area contributed by atoms with Crippen molar-refractivity contribution in [2.45, 2.75) is 13.8 Å². The van der Waals surface area contributed by atoms with E-state index in [0.29, 0.717) is 6.54 Å². The average molecular weight is 279 g/mol. The molecule has 2 aromatic rings. The van der Waals surface area contributed by atoms with Crippen LogP contribution in [0.5, 0.6) is 0 Å². The molecule has 1 aliphatic rings. The number of amides is 2. The van der Waals surface area contributed by atoms with Crippen LogP contribution in [0.1, 0.15) is 16.7 Å². The van der Waals surface area contributed by atoms with Crippen molar-refractivity contribution in [2.24, 2.45) is 5.10 Å². The summed E-state index contributed by atoms with van der Waals surface area (Å²) in [6, 6.07) is 15.8. The Morgan fingerprint density at radius 3 is 2.38 bits per heavy atom. The fraction of sp³-hybridized carbons (Fsp3) is 0.176. The standard InChI is InChI=1S/C17H17N3O/c1-12-8-13(2)10-15(9-12)20-11-16(18-19-17(20)21)14-6-4-3-5-7-14/h3-10H,11H2,1-2H3,(H,19,21). The molecule has 4 heteroatoms. The lowest BCUT2D eigenvalue weighted by molar-refractivity contribution is 0.246. The minimum absolute atomic E-state index is 0.195. The number of rotatable bonds is 2. The van der Waals surface area contributed by atoms with Gasteiger partial charge in [-0.1, -0.05) is 36.4 Å². The molecular formula is C17H17N3O. The predicted octanol–water partition coefficient (Wildman–Crippen LogP) is 3.24. The number of nitrogens with one attached hydrogen (secondary N) is 1. The van der Waals surface area contributed by atoms with E-state index in [9.17, 15) is 4.79 Å². The van der Waals surface area contributed by atoms with Crippen LogP contribution < -0.4 is 10.3 Å². The Morgan fingerprint density at radius 2 is 1.71 bits per heavy atom. The third kappa shape index (κ3) is 2.79. The molecule has 0 saturated heterocycles. The Hall–Kier alpha value is -2.62. The van der Waals surface area contributed by atoms with Gasteiger partial charge in [0.25, 0.3) is 0 Å². The minimum atomic E-state index is -0.195. The van der Waals surface area contributed by atoms with E-state index in [-0.39, 0.29) is 6.03 Å². The number of anilines is 1. The fourth-order valence-corrected chi connectivity index (χ4v) is 2.53. The fourth-order valence-electron chi connectivity index (χ4n) is 2.53. The minimum Gasteiger partial charge on any atom is -0.287 e. The van der Waals surface area contributed by atoms with E-state index in [4.69, 9.17) is 0 Å². The zero-order chi connectivity index (χ0) is 14.8. The highest BCUT2D eigenvalue weighted by atomic mass is 16.2. The van der Waals surface area contributed by atoms with Crippen LogP contribution in [0.25, 0.3) is 0 Å². The summed E-state index contributed by atoms with van der Waals surface area (Å²) < 4.78 is 0. The van der Waals surface area contributed by atoms with Gasteiger partial charge in [0.15, 0.2) is 0 Å². The van der Waals surface area contributed by atoms with Gasteiger partial charge in [-0.05, 0) is 42.7 Å². The molecule has 3 rings (SSSR count). The van der Waals surface area contributed by atoms with Crippen LogP contribution >= 0.6 is 0 Å². The molecule has 0 radical (unpaired) electrons. The highest BCUT2D eigenvalue weighted by Crippen LogP contribution is 2.21. The maximum absolute atomic E-state index is 12.1. The van der Waals surface area contributed by atoms with Gasteiger partial charge < -0.3 is 0 Å². The van der Waals surface area contributed by atoms with Gasteiger partial charge in [-0.2, -0.15) is 5.10 Å². The number of hydrazone groups is 1. The van der Waals surface area contributed by atoms with Crippen molar-refractivity contribution in [3.8, 4) is 0 Å². The van der Waals surface area contributed by atoms with E-state index in [1.54, 1.807) is 4.90 Å². The second-order valence-electron chi connectivity index (χ2n) is 5.27. The highest BCUT2D eigenvalue weighted by molar-refractivity contribution is 6.10. The van der Waals surface area contributed by atoms with E-state index in [2.05, 4.69) is 16.6 Å². The lowest BCUT2D eigenvalue weighted by atomic mass is 10.1. The van der Waals surface area contributed by atoms with Crippen molar-refractivity contribution in [1.82, 2.24) is 5.43 Å². The lowest BCUT2D eigenvalue weighted by Crippen LogP contribution is -2.46. The first-order valence-electron chi connectivity index (χ1n) is 6.91. The van der Waals surface area contributed by atoms with E-state index in [1.165, 1.54) is 0 Å². The van der Waals surface area contributed by atoms with Gasteiger partial charge >= 0.3 is 6.03 Å². The molecule has 0 unspecified atom stereocenters. The Morgan fingerprint density at radius 1 is 1.05 bits per heavy atom. The number of hydrogen-bond acceptors (Lipinski definition) is 2. The van der Waals surface area contributed by atoms with Gasteiger partial charge in [-0.15, -0.1) is 0 Å². The molecule has 0 saturated carbocycles. The first kappa shape index (κ1) is 13.4. The molecule has 1 N–H and O–H groups in total. The number of aryl methyl sites for hydroxylation is 2. The van der Waals surface area contributed by atoms with Gasteiger partial charge in [-0.25, -0.2) is 10.2 Å². The molecule has 0 atom stereocenters. The molecule has 4 nitrogen and oxygen atoms in total. The molecule has 2 amide bonds. The van der Waals surface area contributed by atoms with Crippen LogP contribution in [0.4, 0.5) is 10.5 Å². The van der Waals surface area contributed by atoms with Crippen LogP contribution in [-0.4, -0.2) is 18.3 Å². The SMILES string of the molecule is Cc1cc(C)cc(N2CC(c3ccccc3)=NNC2=O)c1. The smallest absolute Gasteiger partial charge is 0.287 e. The van der Waals surface area contributed by atoms with Crippen molar-refractivity contribution in [3.63, 3.8) is 0 Å². The van der Waals surface area contributed by atoms with E-state index < -0.39 is 0 Å². The summed E-state index contributed by atoms with van der Waals surface area (Å²) in [7, 11) is 0. The highest BCUT2D eigenvalue weighted by Gasteiger charge is 2.23. The zero-order valence-electron chi connectivity index (χ0n) is 12.1. The number of carbonyl (C=O) groups is 1. The van der Waals surface area contributed by atoms with Gasteiger partial charge in [0.05, 0.1) is 12.3 Å². The maximum Gasteiger partial charge on any atom is 0.342 e. The molecule has 0 aromatic heterocycles. The van der Waals surface area contributed by atoms with Crippen LogP contribution in [-0.2, 0) is 0 Å². The third-order valence-corrected chi connectivity index (χ3v) is 3.46. The number of carbonyl (C=O) groups excluding carboxylic acids is 1. The predicted molar refractivity (Wildman–Crippen MR) is 84.8 cm³/mol. The molecule has 1 heterocycles. The molecular weight excluding hydrogens is 262 g/mol. The summed E-state index contributed by atoms with van der Waals surface area (Å²) >= 11 is 0. The number of hydrogen-bond donors (Lipinski definition) is 1. The summed E-state index contributed by atoms with van der Waals surface area (Å²) in [6.07, 6.45) is 0. The van der Waals surface area contributed by atoms with Crippen LogP contribution in [0.2, 0.25) is 0 Å². The van der Waals surface area contributed by atoms with Crippen molar-refractivity contribution in [3.05, 3.63) is 65.2 Å². The molecule has 21 heavy (non-hydrogen) atoms. The summed E-state index contributed by atoms with van der Waals surface area (Å²) in [5.41, 5.74) is 7.65. The van der Waals surface area contributed by atoms with Crippen LogP contribution in [0.3, 0.4) is 0 Å². The molecule has 2 aromatic carbocycles. The Balaban J connectivity index is 1.93. The molecule has 0 aliphatic carbocycles. The number of urea groups is 1. The Labute approximate surface area is 124 Å². The lowest BCUT2D eigenvalue weighted by Gasteiger charge is -2.27. The van der Waals surface area contributed by atoms with Crippen LogP contribution in [0, 0.1) is 13.8 Å². The van der Waals surface area contributed by atoms with Gasteiger partial charge in [-0.3, -0.25) is 4.90 Å². The van der Waals surface area contributed by atoms with Gasteiger partial charge in [0.2, 0.25) is 0 Å². The Bertz CT molecular complexity index is 687. The summed E-state index contributed by atoms with van der Waals surface area (Å²) in [4.78, 5) is 13.8. The second-order valence-corrected chi connectivity index (χ2v) is 5.27. The maximum atomic E-state index is 12.1. The topological polar surface area (TPSA) is 44.7 Å². The molecule has 0 bridgehead atoms. The number of benzene rings is 2. The van der Waals surface area contributed by atoms with Crippen LogP contribution in [0.15, 0.2) is 53.6 Å². The second kappa shape index (κ2) is 5.40. The van der Waals surface area contributed by atoms with E-state index >= 15 is 0 Å². The molecule has 0 spiro atoms. The Kier molecular flexibility index (Phi) is 3.44. The first-order chi connectivity index (χ1) is 10.1. The summed E-state index contributed by atoms with van der Waals surface area (Å²) in [5, 5.41) is 4.18. The third-order valence-electron chi connectivity index (χ3n) is 3.46. The molecule has 106 valence electrons. The van der Waals surface area contributed by atoms with Crippen molar-refractivity contribution in [2.75, 3.05) is 11.4 Å². The van der Waals surface area contributed by atoms with E-state index in [1.807, 2.05) is 56.3 Å². The monoisotopic (exact) mass is 279 g/mol. The van der Waals surface area contributed by atoms with Gasteiger partial charge in [0.1, 0.15) is 0 Å². The summed E-state index contributed by atoms with van der Waals surface area (Å²) in [6.45, 7) is 4.54.